The zero-order valence-corrected chi connectivity index (χ0v) is 24.4. The Bertz CT molecular complexity index is 1790. The van der Waals surface area contributed by atoms with Gasteiger partial charge in [0.25, 0.3) is 11.8 Å². The maximum atomic E-state index is 14.4. The lowest BCUT2D eigenvalue weighted by Crippen LogP contribution is -2.34. The van der Waals surface area contributed by atoms with Crippen molar-refractivity contribution in [3.8, 4) is 10.4 Å². The van der Waals surface area contributed by atoms with Crippen LogP contribution in [0.2, 0.25) is 0 Å². The second-order valence-electron chi connectivity index (χ2n) is 10.2. The van der Waals surface area contributed by atoms with Gasteiger partial charge in [-0.05, 0) is 54.8 Å². The van der Waals surface area contributed by atoms with Crippen LogP contribution in [0.4, 0.5) is 21.6 Å². The molecule has 1 saturated heterocycles. The molecular formula is C30H28FN5O4S2. The highest BCUT2D eigenvalue weighted by atomic mass is 32.2. The molecule has 2 aromatic carbocycles. The van der Waals surface area contributed by atoms with Gasteiger partial charge in [0.15, 0.2) is 0 Å². The Hall–Kier alpha value is -4.13. The van der Waals surface area contributed by atoms with E-state index >= 15 is 0 Å². The summed E-state index contributed by atoms with van der Waals surface area (Å²) < 4.78 is 40.8. The quantitative estimate of drug-likeness (QED) is 0.356. The number of aryl methyl sites for hydroxylation is 1. The molecule has 0 saturated carbocycles. The van der Waals surface area contributed by atoms with Crippen molar-refractivity contribution in [2.75, 3.05) is 47.0 Å². The first-order valence-corrected chi connectivity index (χ1v) is 16.0. The third-order valence-electron chi connectivity index (χ3n) is 7.39. The number of rotatable bonds is 4. The summed E-state index contributed by atoms with van der Waals surface area (Å²) in [5.41, 5.74) is 3.51. The molecule has 0 bridgehead atoms. The van der Waals surface area contributed by atoms with Crippen LogP contribution in [0.15, 0.2) is 66.7 Å². The van der Waals surface area contributed by atoms with Crippen molar-refractivity contribution >= 4 is 50.4 Å². The first-order chi connectivity index (χ1) is 20.2. The van der Waals surface area contributed by atoms with Gasteiger partial charge < -0.3 is 15.1 Å². The highest BCUT2D eigenvalue weighted by Gasteiger charge is 2.29. The monoisotopic (exact) mass is 605 g/mol. The van der Waals surface area contributed by atoms with Gasteiger partial charge in [-0.1, -0.05) is 36.4 Å². The number of hydrogen-bond donors (Lipinski definition) is 2. The van der Waals surface area contributed by atoms with E-state index in [1.807, 2.05) is 35.2 Å². The van der Waals surface area contributed by atoms with Crippen LogP contribution in [0.1, 0.15) is 31.3 Å². The number of nitrogens with one attached hydrogen (secondary N) is 2. The topological polar surface area (TPSA) is 112 Å². The van der Waals surface area contributed by atoms with E-state index in [0.29, 0.717) is 41.5 Å². The summed E-state index contributed by atoms with van der Waals surface area (Å²) in [7, 11) is -3.33. The molecule has 4 aromatic rings. The maximum absolute atomic E-state index is 14.4. The third-order valence-corrected chi connectivity index (χ3v) is 9.97. The highest BCUT2D eigenvalue weighted by molar-refractivity contribution is 7.89. The van der Waals surface area contributed by atoms with Gasteiger partial charge in [0.05, 0.1) is 22.0 Å². The predicted molar refractivity (Wildman–Crippen MR) is 162 cm³/mol. The van der Waals surface area contributed by atoms with Gasteiger partial charge in [-0.2, -0.15) is 0 Å². The minimum absolute atomic E-state index is 0.0470. The summed E-state index contributed by atoms with van der Waals surface area (Å²) in [5.74, 6) is -0.648. The number of nitrogens with zero attached hydrogens (tertiary/aromatic N) is 3. The lowest BCUT2D eigenvalue weighted by atomic mass is 10.1. The minimum Gasteiger partial charge on any atom is -0.354 e. The number of carbonyl (C=O) groups excluding carboxylic acids is 2. The van der Waals surface area contributed by atoms with Crippen LogP contribution in [0.5, 0.6) is 0 Å². The third kappa shape index (κ3) is 5.52. The average molecular weight is 606 g/mol. The second kappa shape index (κ2) is 11.3. The summed E-state index contributed by atoms with van der Waals surface area (Å²) in [6.45, 7) is 3.10. The lowest BCUT2D eigenvalue weighted by Gasteiger charge is -2.24. The number of halogens is 1. The molecule has 1 fully saturated rings. The largest absolute Gasteiger partial charge is 0.354 e. The summed E-state index contributed by atoms with van der Waals surface area (Å²) in [4.78, 5) is 36.5. The number of carbonyl (C=O) groups is 2. The van der Waals surface area contributed by atoms with Crippen molar-refractivity contribution in [3.63, 3.8) is 0 Å². The van der Waals surface area contributed by atoms with Gasteiger partial charge in [0, 0.05) is 36.6 Å². The maximum Gasteiger partial charge on any atom is 0.276 e. The molecule has 0 spiro atoms. The van der Waals surface area contributed by atoms with Gasteiger partial charge in [-0.3, -0.25) is 9.59 Å². The number of amides is 2. The Labute approximate surface area is 247 Å². The number of aromatic nitrogens is 1. The first kappa shape index (κ1) is 28.0. The van der Waals surface area contributed by atoms with E-state index < -0.39 is 15.8 Å². The summed E-state index contributed by atoms with van der Waals surface area (Å²) in [5, 5.41) is 2.72. The molecular weight excluding hydrogens is 577 g/mol. The van der Waals surface area contributed by atoms with E-state index in [1.54, 1.807) is 42.2 Å². The van der Waals surface area contributed by atoms with Crippen LogP contribution >= 0.6 is 11.3 Å². The van der Waals surface area contributed by atoms with Crippen LogP contribution in [-0.2, 0) is 16.4 Å². The molecule has 42 heavy (non-hydrogen) atoms. The van der Waals surface area contributed by atoms with Gasteiger partial charge in [0.2, 0.25) is 10.0 Å². The van der Waals surface area contributed by atoms with Crippen molar-refractivity contribution < 1.29 is 22.4 Å². The molecule has 12 heteroatoms. The predicted octanol–water partition coefficient (Wildman–Crippen LogP) is 4.45. The van der Waals surface area contributed by atoms with Crippen molar-refractivity contribution in [2.45, 2.75) is 13.3 Å². The Kier molecular flexibility index (Phi) is 7.52. The minimum atomic E-state index is -3.33. The molecule has 6 rings (SSSR count). The molecule has 4 heterocycles. The molecule has 2 aliphatic heterocycles. The number of sulfonamides is 1. The lowest BCUT2D eigenvalue weighted by molar-refractivity contribution is 0.0981. The SMILES string of the molecule is Cc1cccc(F)c1NC(=O)c1cc2c(s1)-c1ccccc1N(C(=O)c1cccc(N3CCNS(=O)(=O)CC3)n1)CC2. The zero-order chi connectivity index (χ0) is 29.4. The van der Waals surface area contributed by atoms with E-state index in [4.69, 9.17) is 0 Å². The molecule has 0 unspecified atom stereocenters. The Morgan fingerprint density at radius 3 is 2.67 bits per heavy atom. The van der Waals surface area contributed by atoms with Crippen molar-refractivity contribution in [2.24, 2.45) is 0 Å². The number of anilines is 3. The average Bonchev–Trinajstić information content (AvgIpc) is 3.24. The van der Waals surface area contributed by atoms with Crippen molar-refractivity contribution in [3.05, 3.63) is 94.2 Å². The summed E-state index contributed by atoms with van der Waals surface area (Å²) in [6.07, 6.45) is 0.508. The van der Waals surface area contributed by atoms with Crippen LogP contribution in [0.3, 0.4) is 0 Å². The molecule has 216 valence electrons. The molecule has 2 N–H and O–H groups in total. The zero-order valence-electron chi connectivity index (χ0n) is 22.8. The standard InChI is InChI=1S/C30H28FN5O4S2/c1-19-6-4-8-22(31)27(19)34-29(37)25-18-20-12-14-36(24-10-3-2-7-21(24)28(20)41-25)30(38)23-9-5-11-26(33-23)35-15-13-32-42(39,40)17-16-35/h2-11,18,32H,12-17H2,1H3,(H,34,37). The fourth-order valence-corrected chi connectivity index (χ4v) is 7.37. The molecule has 0 aliphatic carbocycles. The van der Waals surface area contributed by atoms with Crippen molar-refractivity contribution in [1.82, 2.24) is 9.71 Å². The molecule has 0 atom stereocenters. The number of benzene rings is 2. The van der Waals surface area contributed by atoms with E-state index in [9.17, 15) is 22.4 Å². The normalized spacial score (nSPS) is 16.1. The fourth-order valence-electron chi connectivity index (χ4n) is 5.22. The number of hydrogen-bond acceptors (Lipinski definition) is 7. The molecule has 2 aliphatic rings. The highest BCUT2D eigenvalue weighted by Crippen LogP contribution is 2.42. The molecule has 9 nitrogen and oxygen atoms in total. The molecule has 0 radical (unpaired) electrons. The first-order valence-electron chi connectivity index (χ1n) is 13.5. The van der Waals surface area contributed by atoms with E-state index in [0.717, 1.165) is 16.0 Å². The number of fused-ring (bicyclic) bond motifs is 3. The summed E-state index contributed by atoms with van der Waals surface area (Å²) in [6, 6.07) is 19.2. The molecule has 2 amide bonds. The molecule has 2 aromatic heterocycles. The van der Waals surface area contributed by atoms with Crippen LogP contribution < -0.4 is 19.8 Å². The van der Waals surface area contributed by atoms with Crippen LogP contribution in [0.25, 0.3) is 10.4 Å². The number of thiophene rings is 1. The van der Waals surface area contributed by atoms with Crippen LogP contribution in [-0.4, -0.2) is 57.1 Å². The fraction of sp³-hybridized carbons (Fsp3) is 0.233. The summed E-state index contributed by atoms with van der Waals surface area (Å²) >= 11 is 1.31. The van der Waals surface area contributed by atoms with Crippen LogP contribution in [0, 0.1) is 12.7 Å². The Morgan fingerprint density at radius 1 is 1.02 bits per heavy atom. The second-order valence-corrected chi connectivity index (χ2v) is 13.1. The van der Waals surface area contributed by atoms with E-state index in [1.165, 1.54) is 17.4 Å². The van der Waals surface area contributed by atoms with E-state index in [-0.39, 0.29) is 42.0 Å². The van der Waals surface area contributed by atoms with Gasteiger partial charge >= 0.3 is 0 Å². The number of pyridine rings is 1. The smallest absolute Gasteiger partial charge is 0.276 e. The van der Waals surface area contributed by atoms with Crippen molar-refractivity contribution in [1.29, 1.82) is 0 Å². The Morgan fingerprint density at radius 2 is 1.83 bits per heavy atom. The van der Waals surface area contributed by atoms with Gasteiger partial charge in [-0.25, -0.2) is 22.5 Å². The number of para-hydroxylation sites is 2. The Balaban J connectivity index is 1.28. The van der Waals surface area contributed by atoms with E-state index in [2.05, 4.69) is 15.0 Å². The van der Waals surface area contributed by atoms with Gasteiger partial charge in [0.1, 0.15) is 17.3 Å². The van der Waals surface area contributed by atoms with Gasteiger partial charge in [-0.15, -0.1) is 11.3 Å².